The summed E-state index contributed by atoms with van der Waals surface area (Å²) in [5, 5.41) is 3.83. The van der Waals surface area contributed by atoms with E-state index in [4.69, 9.17) is 23.8 Å². The Bertz CT molecular complexity index is 695. The maximum Gasteiger partial charge on any atom is 0.174 e. The van der Waals surface area contributed by atoms with Gasteiger partial charge in [-0.2, -0.15) is 0 Å². The van der Waals surface area contributed by atoms with Crippen LogP contribution in [-0.4, -0.2) is 34.7 Å². The van der Waals surface area contributed by atoms with Gasteiger partial charge in [0.25, 0.3) is 0 Å². The van der Waals surface area contributed by atoms with Crippen LogP contribution in [0, 0.1) is 5.82 Å². The lowest BCUT2D eigenvalue weighted by Gasteiger charge is -2.21. The van der Waals surface area contributed by atoms with Gasteiger partial charge in [-0.15, -0.1) is 0 Å². The second-order valence-electron chi connectivity index (χ2n) is 5.50. The van der Waals surface area contributed by atoms with E-state index in [1.54, 1.807) is 12.1 Å². The van der Waals surface area contributed by atoms with Gasteiger partial charge in [-0.25, -0.2) is 4.39 Å². The summed E-state index contributed by atoms with van der Waals surface area (Å²) in [6.07, 6.45) is 0. The van der Waals surface area contributed by atoms with Crippen molar-refractivity contribution < 1.29 is 4.39 Å². The van der Waals surface area contributed by atoms with Crippen molar-refractivity contribution in [2.45, 2.75) is 6.54 Å². The van der Waals surface area contributed by atoms with Gasteiger partial charge in [-0.05, 0) is 36.0 Å². The first-order valence-corrected chi connectivity index (χ1v) is 8.18. The lowest BCUT2D eigenvalue weighted by molar-refractivity contribution is 0.295. The second-order valence-corrected chi connectivity index (χ2v) is 6.30. The number of nitrogens with zero attached hydrogens (tertiary/aromatic N) is 2. The van der Waals surface area contributed by atoms with Crippen molar-refractivity contribution in [2.24, 2.45) is 0 Å². The molecule has 1 aliphatic heterocycles. The second kappa shape index (κ2) is 7.25. The van der Waals surface area contributed by atoms with Crippen molar-refractivity contribution in [3.63, 3.8) is 0 Å². The molecule has 3 nitrogen and oxygen atoms in total. The Hall–Kier alpha value is -1.69. The van der Waals surface area contributed by atoms with Crippen LogP contribution in [0.5, 0.6) is 0 Å². The Balaban J connectivity index is 1.56. The van der Waals surface area contributed by atoms with E-state index in [9.17, 15) is 4.39 Å². The molecule has 0 amide bonds. The smallest absolute Gasteiger partial charge is 0.174 e. The van der Waals surface area contributed by atoms with Gasteiger partial charge in [0.2, 0.25) is 0 Å². The highest BCUT2D eigenvalue weighted by Gasteiger charge is 2.22. The molecule has 0 saturated carbocycles. The van der Waals surface area contributed by atoms with Crippen molar-refractivity contribution in [3.8, 4) is 0 Å². The van der Waals surface area contributed by atoms with Crippen LogP contribution in [-0.2, 0) is 6.54 Å². The van der Waals surface area contributed by atoms with Gasteiger partial charge >= 0.3 is 0 Å². The first-order valence-electron chi connectivity index (χ1n) is 7.39. The highest BCUT2D eigenvalue weighted by atomic mass is 35.5. The molecule has 120 valence electrons. The Morgan fingerprint density at radius 3 is 2.70 bits per heavy atom. The van der Waals surface area contributed by atoms with Gasteiger partial charge in [-0.1, -0.05) is 41.9 Å². The van der Waals surface area contributed by atoms with Gasteiger partial charge in [0, 0.05) is 25.3 Å². The summed E-state index contributed by atoms with van der Waals surface area (Å²) in [4.78, 5) is 4.43. The minimum absolute atomic E-state index is 0.0879. The lowest BCUT2D eigenvalue weighted by Crippen LogP contribution is -2.34. The molecule has 0 aliphatic carbocycles. The molecule has 1 saturated heterocycles. The zero-order valence-corrected chi connectivity index (χ0v) is 14.1. The maximum absolute atomic E-state index is 13.2. The summed E-state index contributed by atoms with van der Waals surface area (Å²) in [6.45, 7) is 3.51. The summed E-state index contributed by atoms with van der Waals surface area (Å²) in [5.41, 5.74) is 1.99. The average Bonchev–Trinajstić information content (AvgIpc) is 3.00. The number of thiocarbonyl (C=S) groups is 1. The average molecular weight is 350 g/mol. The largest absolute Gasteiger partial charge is 0.335 e. The zero-order valence-electron chi connectivity index (χ0n) is 12.5. The molecule has 3 rings (SSSR count). The van der Waals surface area contributed by atoms with Crippen LogP contribution in [0.2, 0.25) is 5.02 Å². The molecule has 0 bridgehead atoms. The Labute approximate surface area is 145 Å². The SMILES string of the molecule is Fc1ccc(NC(=S)N2CCN(Cc3ccccc3)C2)cc1Cl. The fourth-order valence-electron chi connectivity index (χ4n) is 2.56. The molecule has 0 spiro atoms. The number of benzene rings is 2. The van der Waals surface area contributed by atoms with Crippen LogP contribution >= 0.6 is 23.8 Å². The van der Waals surface area contributed by atoms with Gasteiger partial charge < -0.3 is 10.2 Å². The van der Waals surface area contributed by atoms with E-state index in [0.29, 0.717) is 10.8 Å². The van der Waals surface area contributed by atoms with E-state index < -0.39 is 5.82 Å². The molecule has 2 aromatic carbocycles. The highest BCUT2D eigenvalue weighted by molar-refractivity contribution is 7.80. The predicted molar refractivity (Wildman–Crippen MR) is 96.1 cm³/mol. The topological polar surface area (TPSA) is 18.5 Å². The number of rotatable bonds is 3. The number of hydrogen-bond donors (Lipinski definition) is 1. The molecular formula is C17H17ClFN3S. The molecule has 1 heterocycles. The van der Waals surface area contributed by atoms with E-state index in [-0.39, 0.29) is 5.02 Å². The first-order chi connectivity index (χ1) is 11.1. The standard InChI is InChI=1S/C17H17ClFN3S/c18-15-10-14(6-7-16(15)19)20-17(23)22-9-8-21(12-22)11-13-4-2-1-3-5-13/h1-7,10H,8-9,11-12H2,(H,20,23). The van der Waals surface area contributed by atoms with E-state index in [0.717, 1.165) is 26.3 Å². The van der Waals surface area contributed by atoms with Gasteiger partial charge in [0.1, 0.15) is 5.82 Å². The van der Waals surface area contributed by atoms with Crippen molar-refractivity contribution in [2.75, 3.05) is 25.1 Å². The molecule has 0 radical (unpaired) electrons. The molecule has 0 unspecified atom stereocenters. The third-order valence-electron chi connectivity index (χ3n) is 3.76. The number of anilines is 1. The fourth-order valence-corrected chi connectivity index (χ4v) is 3.01. The van der Waals surface area contributed by atoms with Crippen LogP contribution in [0.3, 0.4) is 0 Å². The maximum atomic E-state index is 13.2. The molecular weight excluding hydrogens is 333 g/mol. The molecule has 1 fully saturated rings. The molecule has 23 heavy (non-hydrogen) atoms. The summed E-state index contributed by atoms with van der Waals surface area (Å²) < 4.78 is 13.2. The molecule has 1 aliphatic rings. The molecule has 0 atom stereocenters. The third kappa shape index (κ3) is 4.19. The van der Waals surface area contributed by atoms with E-state index in [1.807, 2.05) is 18.2 Å². The third-order valence-corrected chi connectivity index (χ3v) is 4.41. The normalized spacial score (nSPS) is 15.0. The van der Waals surface area contributed by atoms with Gasteiger partial charge in [0.15, 0.2) is 5.11 Å². The predicted octanol–water partition coefficient (Wildman–Crippen LogP) is 3.95. The van der Waals surface area contributed by atoms with E-state index in [2.05, 4.69) is 27.2 Å². The summed E-state index contributed by atoms with van der Waals surface area (Å²) in [6, 6.07) is 14.9. The van der Waals surface area contributed by atoms with Crippen LogP contribution < -0.4 is 5.32 Å². The van der Waals surface area contributed by atoms with Gasteiger partial charge in [0.05, 0.1) is 11.7 Å². The van der Waals surface area contributed by atoms with Crippen LogP contribution in [0.1, 0.15) is 5.56 Å². The van der Waals surface area contributed by atoms with Crippen molar-refractivity contribution in [1.29, 1.82) is 0 Å². The number of hydrogen-bond acceptors (Lipinski definition) is 2. The molecule has 1 N–H and O–H groups in total. The number of halogens is 2. The lowest BCUT2D eigenvalue weighted by atomic mass is 10.2. The van der Waals surface area contributed by atoms with Crippen molar-refractivity contribution in [3.05, 3.63) is 64.9 Å². The Morgan fingerprint density at radius 1 is 1.17 bits per heavy atom. The van der Waals surface area contributed by atoms with E-state index >= 15 is 0 Å². The summed E-state index contributed by atoms with van der Waals surface area (Å²) in [5.74, 6) is -0.432. The summed E-state index contributed by atoms with van der Waals surface area (Å²) >= 11 is 11.2. The van der Waals surface area contributed by atoms with Crippen LogP contribution in [0.15, 0.2) is 48.5 Å². The molecule has 2 aromatic rings. The van der Waals surface area contributed by atoms with Crippen molar-refractivity contribution >= 4 is 34.6 Å². The molecule has 0 aromatic heterocycles. The molecule has 6 heteroatoms. The zero-order chi connectivity index (χ0) is 16.2. The van der Waals surface area contributed by atoms with Crippen LogP contribution in [0.25, 0.3) is 0 Å². The Kier molecular flexibility index (Phi) is 5.10. The highest BCUT2D eigenvalue weighted by Crippen LogP contribution is 2.20. The first kappa shape index (κ1) is 16.2. The van der Waals surface area contributed by atoms with E-state index in [1.165, 1.54) is 11.6 Å². The fraction of sp³-hybridized carbons (Fsp3) is 0.235. The minimum Gasteiger partial charge on any atom is -0.335 e. The minimum atomic E-state index is -0.432. The quantitative estimate of drug-likeness (QED) is 0.845. The number of nitrogens with one attached hydrogen (secondary N) is 1. The van der Waals surface area contributed by atoms with Gasteiger partial charge in [-0.3, -0.25) is 4.90 Å². The summed E-state index contributed by atoms with van der Waals surface area (Å²) in [7, 11) is 0. The Morgan fingerprint density at radius 2 is 1.96 bits per heavy atom. The monoisotopic (exact) mass is 349 g/mol. The van der Waals surface area contributed by atoms with Crippen molar-refractivity contribution in [1.82, 2.24) is 9.80 Å². The van der Waals surface area contributed by atoms with Crippen LogP contribution in [0.4, 0.5) is 10.1 Å².